The van der Waals surface area contributed by atoms with Crippen molar-refractivity contribution >= 4 is 17.5 Å². The van der Waals surface area contributed by atoms with E-state index in [1.54, 1.807) is 12.0 Å². The van der Waals surface area contributed by atoms with Crippen molar-refractivity contribution in [2.75, 3.05) is 18.6 Å². The number of rotatable bonds is 5. The van der Waals surface area contributed by atoms with Crippen LogP contribution in [-0.2, 0) is 16.1 Å². The van der Waals surface area contributed by atoms with Crippen LogP contribution in [-0.4, -0.2) is 25.5 Å². The number of amides is 2. The van der Waals surface area contributed by atoms with E-state index in [-0.39, 0.29) is 24.2 Å². The maximum absolute atomic E-state index is 12.4. The molecular formula is C20H22N2O3. The van der Waals surface area contributed by atoms with Gasteiger partial charge in [0.25, 0.3) is 0 Å². The van der Waals surface area contributed by atoms with Gasteiger partial charge in [0.1, 0.15) is 5.75 Å². The fourth-order valence-electron chi connectivity index (χ4n) is 3.05. The fraction of sp³-hybridized carbons (Fsp3) is 0.300. The fourth-order valence-corrected chi connectivity index (χ4v) is 3.05. The number of methoxy groups -OCH3 is 1. The summed E-state index contributed by atoms with van der Waals surface area (Å²) in [6.07, 6.45) is 0.242. The van der Waals surface area contributed by atoms with E-state index in [2.05, 4.69) is 5.32 Å². The van der Waals surface area contributed by atoms with Crippen molar-refractivity contribution in [1.29, 1.82) is 0 Å². The number of aryl methyl sites for hydroxylation is 1. The van der Waals surface area contributed by atoms with Crippen LogP contribution in [0.25, 0.3) is 0 Å². The molecule has 1 aliphatic heterocycles. The van der Waals surface area contributed by atoms with Crippen LogP contribution in [0.2, 0.25) is 0 Å². The minimum absolute atomic E-state index is 0.0270. The SMILES string of the molecule is COc1ccc(N2C[C@@H](C(=O)NCc3cccc(C)c3)CC2=O)cc1. The van der Waals surface area contributed by atoms with Crippen LogP contribution in [0.1, 0.15) is 17.5 Å². The molecule has 1 heterocycles. The highest BCUT2D eigenvalue weighted by Crippen LogP contribution is 2.27. The van der Waals surface area contributed by atoms with Gasteiger partial charge in [-0.2, -0.15) is 0 Å². The lowest BCUT2D eigenvalue weighted by Gasteiger charge is -2.17. The lowest BCUT2D eigenvalue weighted by molar-refractivity contribution is -0.126. The van der Waals surface area contributed by atoms with Crippen molar-refractivity contribution in [1.82, 2.24) is 5.32 Å². The van der Waals surface area contributed by atoms with E-state index in [1.807, 2.05) is 55.5 Å². The van der Waals surface area contributed by atoms with Gasteiger partial charge in [-0.05, 0) is 36.8 Å². The van der Waals surface area contributed by atoms with Gasteiger partial charge in [-0.25, -0.2) is 0 Å². The van der Waals surface area contributed by atoms with Crippen molar-refractivity contribution in [2.24, 2.45) is 5.92 Å². The lowest BCUT2D eigenvalue weighted by atomic mass is 10.1. The first-order chi connectivity index (χ1) is 12.1. The standard InChI is InChI=1S/C20H22N2O3/c1-14-4-3-5-15(10-14)12-21-20(24)16-11-19(23)22(13-16)17-6-8-18(25-2)9-7-17/h3-10,16H,11-13H2,1-2H3,(H,21,24)/t16-/m0/s1. The van der Waals surface area contributed by atoms with Crippen LogP contribution in [0, 0.1) is 12.8 Å². The maximum atomic E-state index is 12.4. The Morgan fingerprint density at radius 3 is 2.68 bits per heavy atom. The molecule has 2 aromatic carbocycles. The van der Waals surface area contributed by atoms with Crippen LogP contribution in [0.4, 0.5) is 5.69 Å². The van der Waals surface area contributed by atoms with E-state index in [9.17, 15) is 9.59 Å². The van der Waals surface area contributed by atoms with Gasteiger partial charge in [-0.1, -0.05) is 29.8 Å². The van der Waals surface area contributed by atoms with E-state index in [0.717, 1.165) is 22.6 Å². The Hall–Kier alpha value is -2.82. The molecule has 0 bridgehead atoms. The average molecular weight is 338 g/mol. The van der Waals surface area contributed by atoms with Gasteiger partial charge in [0.05, 0.1) is 13.0 Å². The molecule has 0 unspecified atom stereocenters. The Labute approximate surface area is 147 Å². The second kappa shape index (κ2) is 7.38. The zero-order valence-electron chi connectivity index (χ0n) is 14.5. The third-order valence-electron chi connectivity index (χ3n) is 4.43. The molecule has 1 N–H and O–H groups in total. The molecule has 0 spiro atoms. The van der Waals surface area contributed by atoms with Gasteiger partial charge in [0.15, 0.2) is 0 Å². The summed E-state index contributed by atoms with van der Waals surface area (Å²) < 4.78 is 5.13. The third-order valence-corrected chi connectivity index (χ3v) is 4.43. The first-order valence-electron chi connectivity index (χ1n) is 8.34. The lowest BCUT2D eigenvalue weighted by Crippen LogP contribution is -2.32. The molecule has 0 radical (unpaired) electrons. The van der Waals surface area contributed by atoms with Gasteiger partial charge in [-0.3, -0.25) is 9.59 Å². The Morgan fingerprint density at radius 1 is 1.24 bits per heavy atom. The third kappa shape index (κ3) is 3.99. The molecule has 5 heteroatoms. The summed E-state index contributed by atoms with van der Waals surface area (Å²) in [5.74, 6) is 0.314. The summed E-state index contributed by atoms with van der Waals surface area (Å²) in [6, 6.07) is 15.3. The monoisotopic (exact) mass is 338 g/mol. The smallest absolute Gasteiger partial charge is 0.227 e. The van der Waals surface area contributed by atoms with Crippen molar-refractivity contribution in [3.05, 3.63) is 59.7 Å². The summed E-state index contributed by atoms with van der Waals surface area (Å²) in [7, 11) is 1.60. The van der Waals surface area contributed by atoms with Crippen LogP contribution in [0.3, 0.4) is 0 Å². The minimum atomic E-state index is -0.320. The molecule has 130 valence electrons. The molecule has 0 saturated carbocycles. The predicted octanol–water partition coefficient (Wildman–Crippen LogP) is 2.67. The highest BCUT2D eigenvalue weighted by Gasteiger charge is 2.34. The average Bonchev–Trinajstić information content (AvgIpc) is 3.02. The topological polar surface area (TPSA) is 58.6 Å². The first kappa shape index (κ1) is 17.0. The van der Waals surface area contributed by atoms with Crippen molar-refractivity contribution in [3.8, 4) is 5.75 Å². The van der Waals surface area contributed by atoms with E-state index < -0.39 is 0 Å². The number of carbonyl (C=O) groups excluding carboxylic acids is 2. The van der Waals surface area contributed by atoms with Crippen LogP contribution in [0.5, 0.6) is 5.75 Å². The van der Waals surface area contributed by atoms with Crippen LogP contribution in [0.15, 0.2) is 48.5 Å². The molecular weight excluding hydrogens is 316 g/mol. The second-order valence-electron chi connectivity index (χ2n) is 6.31. The molecule has 0 aliphatic carbocycles. The summed E-state index contributed by atoms with van der Waals surface area (Å²) in [5.41, 5.74) is 3.01. The first-order valence-corrected chi connectivity index (χ1v) is 8.34. The van der Waals surface area contributed by atoms with Gasteiger partial charge in [0, 0.05) is 25.2 Å². The highest BCUT2D eigenvalue weighted by atomic mass is 16.5. The molecule has 1 atom stereocenters. The van der Waals surface area contributed by atoms with E-state index in [1.165, 1.54) is 0 Å². The number of nitrogens with zero attached hydrogens (tertiary/aromatic N) is 1. The molecule has 2 amide bonds. The molecule has 1 aliphatic rings. The van der Waals surface area contributed by atoms with E-state index >= 15 is 0 Å². The Bertz CT molecular complexity index is 771. The Balaban J connectivity index is 1.60. The quantitative estimate of drug-likeness (QED) is 0.912. The normalized spacial score (nSPS) is 16.8. The Kier molecular flexibility index (Phi) is 5.03. The second-order valence-corrected chi connectivity index (χ2v) is 6.31. The maximum Gasteiger partial charge on any atom is 0.227 e. The summed E-state index contributed by atoms with van der Waals surface area (Å²) >= 11 is 0. The van der Waals surface area contributed by atoms with Gasteiger partial charge >= 0.3 is 0 Å². The van der Waals surface area contributed by atoms with Gasteiger partial charge in [0.2, 0.25) is 11.8 Å². The van der Waals surface area contributed by atoms with E-state index in [4.69, 9.17) is 4.74 Å². The zero-order valence-corrected chi connectivity index (χ0v) is 14.5. The predicted molar refractivity (Wildman–Crippen MR) is 96.5 cm³/mol. The number of nitrogens with one attached hydrogen (secondary N) is 1. The zero-order chi connectivity index (χ0) is 17.8. The molecule has 1 saturated heterocycles. The van der Waals surface area contributed by atoms with Gasteiger partial charge < -0.3 is 15.0 Å². The van der Waals surface area contributed by atoms with Crippen molar-refractivity contribution < 1.29 is 14.3 Å². The number of anilines is 1. The molecule has 2 aromatic rings. The minimum Gasteiger partial charge on any atom is -0.497 e. The largest absolute Gasteiger partial charge is 0.497 e. The number of carbonyl (C=O) groups is 2. The molecule has 5 nitrogen and oxygen atoms in total. The number of hydrogen-bond donors (Lipinski definition) is 1. The van der Waals surface area contributed by atoms with Crippen LogP contribution < -0.4 is 15.0 Å². The highest BCUT2D eigenvalue weighted by molar-refractivity contribution is 6.00. The summed E-state index contributed by atoms with van der Waals surface area (Å²) in [6.45, 7) is 2.91. The molecule has 0 aromatic heterocycles. The summed E-state index contributed by atoms with van der Waals surface area (Å²) in [5, 5.41) is 2.94. The molecule has 1 fully saturated rings. The number of hydrogen-bond acceptors (Lipinski definition) is 3. The molecule has 25 heavy (non-hydrogen) atoms. The van der Waals surface area contributed by atoms with E-state index in [0.29, 0.717) is 13.1 Å². The van der Waals surface area contributed by atoms with Crippen molar-refractivity contribution in [2.45, 2.75) is 19.9 Å². The Morgan fingerprint density at radius 2 is 2.00 bits per heavy atom. The van der Waals surface area contributed by atoms with Gasteiger partial charge in [-0.15, -0.1) is 0 Å². The molecule has 3 rings (SSSR count). The van der Waals surface area contributed by atoms with Crippen LogP contribution >= 0.6 is 0 Å². The number of benzene rings is 2. The van der Waals surface area contributed by atoms with Crippen molar-refractivity contribution in [3.63, 3.8) is 0 Å². The summed E-state index contributed by atoms with van der Waals surface area (Å²) in [4.78, 5) is 26.4. The number of ether oxygens (including phenoxy) is 1.